The smallest absolute Gasteiger partial charge is 0.244 e. The van der Waals surface area contributed by atoms with E-state index in [1.165, 1.54) is 95.3 Å². The normalized spacial score (nSPS) is 13.1. The second-order valence-corrected chi connectivity index (χ2v) is 48.7. The zero-order valence-electron chi connectivity index (χ0n) is 83.1. The lowest BCUT2D eigenvalue weighted by Crippen LogP contribution is -2.53. The zero-order chi connectivity index (χ0) is 101. The first-order chi connectivity index (χ1) is 66.6. The number of thiazole rings is 5. The topological polar surface area (TPSA) is 336 Å². The Kier molecular flexibility index (Phi) is 38.3. The summed E-state index contributed by atoms with van der Waals surface area (Å²) in [6, 6.07) is 32.5. The third-order valence-electron chi connectivity index (χ3n) is 22.9. The molecule has 0 radical (unpaired) electrons. The summed E-state index contributed by atoms with van der Waals surface area (Å²) in [7, 11) is -12.0. The molecule has 4 amide bonds. The van der Waals surface area contributed by atoms with Gasteiger partial charge in [-0.2, -0.15) is 12.9 Å². The number of aromatic nitrogens is 5. The van der Waals surface area contributed by atoms with E-state index in [9.17, 15) is 44.4 Å². The SMILES string of the molecule is CC(C)CN(CC(C)C)C(=O)[C@H](C)N(Cc1cncs1)S(=O)(=O)c1ccc2occc2c1.CC(C)CN(CC(C)C)C(=O)[C@H](Cc1cscn1)N(Cc1cscn1)S(=O)(=O)c1ccc2occc2c1.CC(C)CN(Cc1csc(C(C)C)n1)C(=O)C(Cc1ccc2occc2c1)NCc1ccc2occc2c1.Cc1nc(CN([C@@H](C)C(=O)N(CC(C)C)CC(C)C)S(=O)(=O)c2ccc3occc3c2)cs1. The predicted molar refractivity (Wildman–Crippen MR) is 558 cm³/mol. The Morgan fingerprint density at radius 2 is 0.743 bits per heavy atom. The first-order valence-electron chi connectivity index (χ1n) is 47.3. The molecule has 0 saturated heterocycles. The lowest BCUT2D eigenvalue weighted by atomic mass is 10.0. The van der Waals surface area contributed by atoms with E-state index in [4.69, 9.17) is 27.1 Å². The maximum atomic E-state index is 14.2. The molecule has 0 aliphatic heterocycles. The highest BCUT2D eigenvalue weighted by Gasteiger charge is 2.42. The van der Waals surface area contributed by atoms with Gasteiger partial charge in [0, 0.05) is 124 Å². The number of carbonyl (C=O) groups is 4. The molecule has 1 N–H and O–H groups in total. The Bertz CT molecular complexity index is 6840. The van der Waals surface area contributed by atoms with Gasteiger partial charge in [0.1, 0.15) is 46.0 Å². The molecule has 750 valence electrons. The summed E-state index contributed by atoms with van der Waals surface area (Å²) in [5.74, 6) is 1.76. The van der Waals surface area contributed by atoms with Crippen molar-refractivity contribution in [3.63, 3.8) is 0 Å². The second-order valence-electron chi connectivity index (χ2n) is 38.6. The summed E-state index contributed by atoms with van der Waals surface area (Å²) in [5.41, 5.74) is 13.6. The molecule has 28 nitrogen and oxygen atoms in total. The number of aryl methyl sites for hydroxylation is 1. The molecule has 15 rings (SSSR count). The highest BCUT2D eigenvalue weighted by Crippen LogP contribution is 2.34. The fraction of sp³-hybridized carbons (Fsp3) is 0.433. The number of nitrogens with one attached hydrogen (secondary N) is 1. The molecule has 1 unspecified atom stereocenters. The van der Waals surface area contributed by atoms with E-state index >= 15 is 0 Å². The number of carbonyl (C=O) groups excluding carboxylic acids is 4. The second kappa shape index (κ2) is 49.5. The molecule has 4 atom stereocenters. The molecule has 36 heteroatoms. The van der Waals surface area contributed by atoms with Gasteiger partial charge in [0.05, 0.1) is 128 Å². The Morgan fingerprint density at radius 3 is 1.14 bits per heavy atom. The number of rotatable bonds is 43. The number of nitrogens with zero attached hydrogens (tertiary/aromatic N) is 12. The molecular formula is C104H131N13O15S8. The van der Waals surface area contributed by atoms with Crippen molar-refractivity contribution in [3.8, 4) is 0 Å². The Balaban J connectivity index is 0.000000167. The molecule has 5 aromatic carbocycles. The van der Waals surface area contributed by atoms with Gasteiger partial charge < -0.3 is 47.0 Å². The molecule has 0 spiro atoms. The van der Waals surface area contributed by atoms with Gasteiger partial charge >= 0.3 is 0 Å². The van der Waals surface area contributed by atoms with Crippen molar-refractivity contribution in [2.75, 3.05) is 45.8 Å². The lowest BCUT2D eigenvalue weighted by Gasteiger charge is -2.35. The summed E-state index contributed by atoms with van der Waals surface area (Å²) in [4.78, 5) is 86.0. The largest absolute Gasteiger partial charge is 0.464 e. The minimum Gasteiger partial charge on any atom is -0.464 e. The summed E-state index contributed by atoms with van der Waals surface area (Å²) >= 11 is 7.31. The van der Waals surface area contributed by atoms with Crippen LogP contribution in [-0.2, 0) is 94.8 Å². The molecule has 140 heavy (non-hydrogen) atoms. The first-order valence-corrected chi connectivity index (χ1v) is 56.2. The minimum absolute atomic E-state index is 0.0208. The minimum atomic E-state index is -4.10. The third kappa shape index (κ3) is 29.2. The monoisotopic (exact) mass is 2060 g/mol. The van der Waals surface area contributed by atoms with Gasteiger partial charge in [0.25, 0.3) is 0 Å². The molecule has 0 aliphatic rings. The quantitative estimate of drug-likeness (QED) is 0.0371. The molecule has 10 heterocycles. The Morgan fingerprint density at radius 1 is 0.364 bits per heavy atom. The van der Waals surface area contributed by atoms with Crippen LogP contribution in [0.5, 0.6) is 0 Å². The van der Waals surface area contributed by atoms with Gasteiger partial charge in [0.2, 0.25) is 53.7 Å². The van der Waals surface area contributed by atoms with Crippen molar-refractivity contribution < 1.29 is 66.5 Å². The number of furan rings is 5. The molecule has 0 bridgehead atoms. The van der Waals surface area contributed by atoms with Gasteiger partial charge in [-0.3, -0.25) is 24.2 Å². The van der Waals surface area contributed by atoms with Gasteiger partial charge in [-0.1, -0.05) is 123 Å². The van der Waals surface area contributed by atoms with Crippen molar-refractivity contribution in [2.45, 2.75) is 222 Å². The fourth-order valence-electron chi connectivity index (χ4n) is 16.5. The van der Waals surface area contributed by atoms with E-state index in [1.54, 1.807) is 130 Å². The van der Waals surface area contributed by atoms with Crippen LogP contribution in [0.4, 0.5) is 0 Å². The van der Waals surface area contributed by atoms with E-state index in [2.05, 4.69) is 154 Å². The standard InChI is InChI=1S/C31H35N3O3S.C26H32N4O4S3.C24H33N3O4S2.C23H31N3O4S2/c1-20(2)17-34(18-26-19-38-30(33-26)21(3)4)31(35)27(15-22-5-7-28-24(13-22)9-11-36-28)32-16-23-6-8-29-25(14-23)10-12-37-29;1-18(2)11-29(12-19(3)4)26(31)24(10-21-14-35-16-27-21)30(13-22-15-36-17-28-22)37(32,33)23-5-6-25-20(9-23)7-8-34-25;1-16(2)12-26(13-17(3)4)24(28)18(5)27(14-21-15-32-19(6)25-21)33(29,30)22-7-8-23-20(11-22)9-10-31-23;1-16(2)12-25(13-17(3)4)23(27)18(5)26(14-20-11-24-15-31-20)32(28,29)21-6-7-22-19(10-21)8-9-30-22/h5-14,19-21,27,32H,15-18H2,1-4H3;5-9,14-19,24H,10-13H2,1-4H3;7-11,15-18H,12-14H2,1-6H3;6-11,15-18H,12-14H2,1-5H3/t;24-;2*18-/m.000/s1. The van der Waals surface area contributed by atoms with Crippen LogP contribution in [0.1, 0.15) is 179 Å². The van der Waals surface area contributed by atoms with E-state index in [1.807, 2.05) is 64.4 Å². The van der Waals surface area contributed by atoms with Gasteiger partial charge in [-0.15, -0.1) is 56.7 Å². The molecule has 0 saturated carbocycles. The molecular weight excluding hydrogens is 1930 g/mol. The fourth-order valence-corrected chi connectivity index (χ4v) is 24.5. The number of fused-ring (bicyclic) bond motifs is 5. The van der Waals surface area contributed by atoms with Crippen LogP contribution >= 0.6 is 56.7 Å². The van der Waals surface area contributed by atoms with Crippen LogP contribution in [0.3, 0.4) is 0 Å². The van der Waals surface area contributed by atoms with Crippen molar-refractivity contribution in [3.05, 3.63) is 246 Å². The van der Waals surface area contributed by atoms with E-state index < -0.39 is 48.2 Å². The summed E-state index contributed by atoms with van der Waals surface area (Å²) in [6.45, 7) is 43.7. The van der Waals surface area contributed by atoms with E-state index in [-0.39, 0.29) is 106 Å². The van der Waals surface area contributed by atoms with Crippen LogP contribution in [0, 0.1) is 48.3 Å². The van der Waals surface area contributed by atoms with Gasteiger partial charge in [-0.25, -0.2) is 45.2 Å². The highest BCUT2D eigenvalue weighted by atomic mass is 32.2. The van der Waals surface area contributed by atoms with Gasteiger partial charge in [0.15, 0.2) is 0 Å². The predicted octanol–water partition coefficient (Wildman–Crippen LogP) is 22.0. The lowest BCUT2D eigenvalue weighted by molar-refractivity contribution is -0.137. The summed E-state index contributed by atoms with van der Waals surface area (Å²) in [5, 5.41) is 17.3. The van der Waals surface area contributed by atoms with Crippen LogP contribution < -0.4 is 5.32 Å². The van der Waals surface area contributed by atoms with E-state index in [0.29, 0.717) is 127 Å². The summed E-state index contributed by atoms with van der Waals surface area (Å²) in [6.07, 6.45) is 10.4. The molecule has 10 aromatic heterocycles. The molecule has 15 aromatic rings. The third-order valence-corrected chi connectivity index (χ3v) is 32.6. The number of amides is 4. The number of hydrogen-bond donors (Lipinski definition) is 1. The van der Waals surface area contributed by atoms with Crippen molar-refractivity contribution >= 4 is 165 Å². The van der Waals surface area contributed by atoms with E-state index in [0.717, 1.165) is 53.7 Å². The maximum absolute atomic E-state index is 14.2. The van der Waals surface area contributed by atoms with Crippen LogP contribution in [-0.4, -0.2) is 176 Å². The van der Waals surface area contributed by atoms with Crippen LogP contribution in [0.15, 0.2) is 234 Å². The van der Waals surface area contributed by atoms with Crippen molar-refractivity contribution in [1.82, 2.24) is 62.8 Å². The average Bonchev–Trinajstić information content (AvgIpc) is 1.40. The van der Waals surface area contributed by atoms with Crippen molar-refractivity contribution in [1.29, 1.82) is 0 Å². The number of hydrogen-bond acceptors (Lipinski definition) is 26. The highest BCUT2D eigenvalue weighted by molar-refractivity contribution is 7.89. The maximum Gasteiger partial charge on any atom is 0.244 e. The molecule has 0 fully saturated rings. The Hall–Kier alpha value is -10.5. The van der Waals surface area contributed by atoms with Gasteiger partial charge in [-0.05, 0) is 189 Å². The van der Waals surface area contributed by atoms with Crippen LogP contribution in [0.25, 0.3) is 54.8 Å². The number of sulfonamides is 3. The number of benzene rings is 5. The molecule has 0 aliphatic carbocycles. The zero-order valence-corrected chi connectivity index (χ0v) is 89.7. The summed E-state index contributed by atoms with van der Waals surface area (Å²) < 4.78 is 115. The van der Waals surface area contributed by atoms with Crippen LogP contribution in [0.2, 0.25) is 0 Å². The Labute approximate surface area is 842 Å². The average molecular weight is 2060 g/mol. The first kappa shape index (κ1) is 108. The van der Waals surface area contributed by atoms with Crippen molar-refractivity contribution in [2.24, 2.45) is 41.4 Å².